The van der Waals surface area contributed by atoms with Crippen LogP contribution in [0.3, 0.4) is 0 Å². The number of aromatic nitrogens is 4. The van der Waals surface area contributed by atoms with Gasteiger partial charge in [-0.15, -0.1) is 0 Å². The summed E-state index contributed by atoms with van der Waals surface area (Å²) in [5.74, 6) is 0.812. The van der Waals surface area contributed by atoms with Gasteiger partial charge < -0.3 is 11.1 Å². The number of benzene rings is 1. The van der Waals surface area contributed by atoms with Gasteiger partial charge in [0.05, 0.1) is 5.56 Å². The van der Waals surface area contributed by atoms with Gasteiger partial charge in [0.2, 0.25) is 0 Å². The zero-order valence-electron chi connectivity index (χ0n) is 11.4. The van der Waals surface area contributed by atoms with Crippen molar-refractivity contribution in [2.75, 3.05) is 11.1 Å². The molecule has 3 aromatic rings. The quantitative estimate of drug-likeness (QED) is 0.711. The van der Waals surface area contributed by atoms with E-state index in [1.165, 1.54) is 23.0 Å². The Morgan fingerprint density at radius 1 is 1.23 bits per heavy atom. The number of hydrogen-bond acceptors (Lipinski definition) is 5. The first-order valence-electron chi connectivity index (χ1n) is 6.26. The minimum absolute atomic E-state index is 0.240. The number of fused-ring (bicyclic) bond motifs is 1. The normalized spacial score (nSPS) is 11.8. The highest BCUT2D eigenvalue weighted by molar-refractivity contribution is 5.64. The predicted molar refractivity (Wildman–Crippen MR) is 74.7 cm³/mol. The molecule has 114 valence electrons. The number of anilines is 3. The third-order valence-corrected chi connectivity index (χ3v) is 3.01. The highest BCUT2D eigenvalue weighted by Gasteiger charge is 2.33. The van der Waals surface area contributed by atoms with Gasteiger partial charge in [-0.1, -0.05) is 0 Å². The van der Waals surface area contributed by atoms with Crippen LogP contribution in [-0.4, -0.2) is 19.6 Å². The van der Waals surface area contributed by atoms with Gasteiger partial charge in [-0.2, -0.15) is 27.8 Å². The molecule has 1 aromatic carbocycles. The lowest BCUT2D eigenvalue weighted by Crippen LogP contribution is -2.10. The van der Waals surface area contributed by atoms with Gasteiger partial charge in [-0.05, 0) is 25.1 Å². The van der Waals surface area contributed by atoms with Crippen LogP contribution in [-0.2, 0) is 6.18 Å². The SMILES string of the molecule is Cc1cc(Nc2ccc(N)c(C(F)(F)F)c2)n2ncnc2n1. The van der Waals surface area contributed by atoms with E-state index < -0.39 is 11.7 Å². The zero-order chi connectivity index (χ0) is 15.9. The van der Waals surface area contributed by atoms with Crippen molar-refractivity contribution in [2.45, 2.75) is 13.1 Å². The Labute approximate surface area is 122 Å². The zero-order valence-corrected chi connectivity index (χ0v) is 11.4. The van der Waals surface area contributed by atoms with Crippen LogP contribution in [0, 0.1) is 6.92 Å². The molecule has 2 aromatic heterocycles. The first-order chi connectivity index (χ1) is 10.3. The summed E-state index contributed by atoms with van der Waals surface area (Å²) in [6.45, 7) is 1.75. The Bertz CT molecular complexity index is 839. The van der Waals surface area contributed by atoms with Crippen LogP contribution in [0.1, 0.15) is 11.3 Å². The molecule has 0 aliphatic rings. The third-order valence-electron chi connectivity index (χ3n) is 3.01. The molecule has 0 unspecified atom stereocenters. The molecule has 0 spiro atoms. The van der Waals surface area contributed by atoms with Crippen LogP contribution in [0.25, 0.3) is 5.78 Å². The molecule has 0 atom stereocenters. The summed E-state index contributed by atoms with van der Waals surface area (Å²) in [4.78, 5) is 8.11. The molecule has 0 amide bonds. The molecular formula is C13H11F3N6. The summed E-state index contributed by atoms with van der Waals surface area (Å²) in [6.07, 6.45) is -3.20. The largest absolute Gasteiger partial charge is 0.418 e. The van der Waals surface area contributed by atoms with E-state index in [9.17, 15) is 13.2 Å². The molecule has 0 aliphatic carbocycles. The van der Waals surface area contributed by atoms with E-state index >= 15 is 0 Å². The third kappa shape index (κ3) is 2.52. The number of halogens is 3. The van der Waals surface area contributed by atoms with Gasteiger partial charge in [0.1, 0.15) is 12.1 Å². The van der Waals surface area contributed by atoms with Crippen molar-refractivity contribution < 1.29 is 13.2 Å². The van der Waals surface area contributed by atoms with Crippen molar-refractivity contribution in [1.82, 2.24) is 19.6 Å². The molecule has 3 N–H and O–H groups in total. The number of hydrogen-bond donors (Lipinski definition) is 2. The number of nitrogens with one attached hydrogen (secondary N) is 1. The predicted octanol–water partition coefficient (Wildman–Crippen LogP) is 2.78. The maximum absolute atomic E-state index is 12.9. The Morgan fingerprint density at radius 2 is 2.00 bits per heavy atom. The van der Waals surface area contributed by atoms with Crippen LogP contribution in [0.15, 0.2) is 30.6 Å². The Kier molecular flexibility index (Phi) is 3.12. The summed E-state index contributed by atoms with van der Waals surface area (Å²) < 4.78 is 40.1. The number of nitrogens with two attached hydrogens (primary N) is 1. The van der Waals surface area contributed by atoms with Crippen LogP contribution >= 0.6 is 0 Å². The van der Waals surface area contributed by atoms with E-state index in [4.69, 9.17) is 5.73 Å². The molecular weight excluding hydrogens is 297 g/mol. The number of nitrogens with zero attached hydrogens (tertiary/aromatic N) is 4. The highest BCUT2D eigenvalue weighted by Crippen LogP contribution is 2.35. The molecule has 0 saturated carbocycles. The van der Waals surface area contributed by atoms with Crippen molar-refractivity contribution >= 4 is 23.0 Å². The van der Waals surface area contributed by atoms with E-state index in [2.05, 4.69) is 20.4 Å². The van der Waals surface area contributed by atoms with E-state index in [-0.39, 0.29) is 11.4 Å². The van der Waals surface area contributed by atoms with Crippen molar-refractivity contribution in [3.8, 4) is 0 Å². The summed E-state index contributed by atoms with van der Waals surface area (Å²) in [5, 5.41) is 6.86. The molecule has 0 radical (unpaired) electrons. The topological polar surface area (TPSA) is 81.1 Å². The fourth-order valence-corrected chi connectivity index (χ4v) is 2.05. The second-order valence-corrected chi connectivity index (χ2v) is 4.68. The second-order valence-electron chi connectivity index (χ2n) is 4.68. The van der Waals surface area contributed by atoms with E-state index in [1.807, 2.05) is 0 Å². The molecule has 6 nitrogen and oxygen atoms in total. The lowest BCUT2D eigenvalue weighted by molar-refractivity contribution is -0.136. The maximum atomic E-state index is 12.9. The summed E-state index contributed by atoms with van der Waals surface area (Å²) in [5.41, 5.74) is 5.07. The van der Waals surface area contributed by atoms with Gasteiger partial charge in [-0.25, -0.2) is 4.98 Å². The Morgan fingerprint density at radius 3 is 2.73 bits per heavy atom. The van der Waals surface area contributed by atoms with Gasteiger partial charge >= 0.3 is 6.18 Å². The van der Waals surface area contributed by atoms with Crippen molar-refractivity contribution in [2.24, 2.45) is 0 Å². The number of nitrogen functional groups attached to an aromatic ring is 1. The van der Waals surface area contributed by atoms with Crippen molar-refractivity contribution in [3.05, 3.63) is 41.9 Å². The number of alkyl halides is 3. The van der Waals surface area contributed by atoms with E-state index in [0.717, 1.165) is 6.07 Å². The molecule has 22 heavy (non-hydrogen) atoms. The standard InChI is InChI=1S/C13H11F3N6/c1-7-4-11(22-12(20-7)18-6-19-22)21-8-2-3-10(17)9(5-8)13(14,15)16/h2-6,21H,17H2,1H3. The lowest BCUT2D eigenvalue weighted by Gasteiger charge is -2.13. The van der Waals surface area contributed by atoms with Gasteiger partial charge in [0, 0.05) is 23.1 Å². The van der Waals surface area contributed by atoms with Crippen molar-refractivity contribution in [3.63, 3.8) is 0 Å². The summed E-state index contributed by atoms with van der Waals surface area (Å²) in [6, 6.07) is 5.28. The van der Waals surface area contributed by atoms with E-state index in [0.29, 0.717) is 17.3 Å². The second kappa shape index (κ2) is 4.86. The lowest BCUT2D eigenvalue weighted by atomic mass is 10.1. The van der Waals surface area contributed by atoms with Gasteiger partial charge in [0.15, 0.2) is 0 Å². The first kappa shape index (κ1) is 14.1. The number of aryl methyl sites for hydroxylation is 1. The van der Waals surface area contributed by atoms with Crippen molar-refractivity contribution in [1.29, 1.82) is 0 Å². The molecule has 9 heteroatoms. The Balaban J connectivity index is 2.04. The van der Waals surface area contributed by atoms with Gasteiger partial charge in [0.25, 0.3) is 5.78 Å². The van der Waals surface area contributed by atoms with Crippen LogP contribution in [0.2, 0.25) is 0 Å². The average molecular weight is 308 g/mol. The fraction of sp³-hybridized carbons (Fsp3) is 0.154. The molecule has 0 aliphatic heterocycles. The molecule has 0 fully saturated rings. The van der Waals surface area contributed by atoms with Crippen LogP contribution in [0.4, 0.5) is 30.4 Å². The smallest absolute Gasteiger partial charge is 0.398 e. The number of rotatable bonds is 2. The molecule has 0 saturated heterocycles. The first-order valence-corrected chi connectivity index (χ1v) is 6.26. The van der Waals surface area contributed by atoms with Crippen LogP contribution in [0.5, 0.6) is 0 Å². The minimum Gasteiger partial charge on any atom is -0.398 e. The molecule has 3 rings (SSSR count). The highest BCUT2D eigenvalue weighted by atomic mass is 19.4. The maximum Gasteiger partial charge on any atom is 0.418 e. The minimum atomic E-state index is -4.52. The summed E-state index contributed by atoms with van der Waals surface area (Å²) >= 11 is 0. The van der Waals surface area contributed by atoms with E-state index in [1.54, 1.807) is 13.0 Å². The summed E-state index contributed by atoms with van der Waals surface area (Å²) in [7, 11) is 0. The van der Waals surface area contributed by atoms with Gasteiger partial charge in [-0.3, -0.25) is 0 Å². The molecule has 0 bridgehead atoms. The average Bonchev–Trinajstić information content (AvgIpc) is 2.87. The monoisotopic (exact) mass is 308 g/mol. The Hall–Kier alpha value is -2.84. The molecule has 2 heterocycles. The fourth-order valence-electron chi connectivity index (χ4n) is 2.05. The van der Waals surface area contributed by atoms with Crippen LogP contribution < -0.4 is 11.1 Å².